The molecule has 2 fully saturated rings. The fraction of sp³-hybridized carbons (Fsp3) is 1.00. The summed E-state index contributed by atoms with van der Waals surface area (Å²) >= 11 is 0. The van der Waals surface area contributed by atoms with Crippen LogP contribution < -0.4 is 5.73 Å². The number of nitrogens with two attached hydrogens (primary N) is 1. The lowest BCUT2D eigenvalue weighted by atomic mass is 9.68. The van der Waals surface area contributed by atoms with Gasteiger partial charge in [-0.05, 0) is 30.6 Å². The SMILES string of the molecule is CCC1COCCN1CC1CCCC(C)(C)C1N. The number of rotatable bonds is 3. The molecule has 0 spiro atoms. The molecule has 1 heterocycles. The van der Waals surface area contributed by atoms with Gasteiger partial charge in [-0.15, -0.1) is 0 Å². The van der Waals surface area contributed by atoms with Gasteiger partial charge in [0.1, 0.15) is 0 Å². The van der Waals surface area contributed by atoms with Crippen LogP contribution in [0, 0.1) is 11.3 Å². The predicted octanol–water partition coefficient (Wildman–Crippen LogP) is 2.25. The second kappa shape index (κ2) is 5.89. The first-order valence-electron chi connectivity index (χ1n) is 7.62. The lowest BCUT2D eigenvalue weighted by Gasteiger charge is -2.45. The Balaban J connectivity index is 1.95. The maximum atomic E-state index is 6.50. The Morgan fingerprint density at radius 3 is 2.89 bits per heavy atom. The normalized spacial score (nSPS) is 37.7. The maximum Gasteiger partial charge on any atom is 0.0622 e. The van der Waals surface area contributed by atoms with Crippen LogP contribution in [0.5, 0.6) is 0 Å². The third-order valence-electron chi connectivity index (χ3n) is 5.10. The monoisotopic (exact) mass is 254 g/mol. The molecular weight excluding hydrogens is 224 g/mol. The van der Waals surface area contributed by atoms with Gasteiger partial charge in [-0.2, -0.15) is 0 Å². The lowest BCUT2D eigenvalue weighted by Crippen LogP contribution is -2.54. The molecule has 0 aromatic carbocycles. The minimum absolute atomic E-state index is 0.316. The van der Waals surface area contributed by atoms with Crippen molar-refractivity contribution in [3.05, 3.63) is 0 Å². The van der Waals surface area contributed by atoms with Crippen molar-refractivity contribution >= 4 is 0 Å². The third kappa shape index (κ3) is 3.06. The molecular formula is C15H30N2O. The van der Waals surface area contributed by atoms with Crippen molar-refractivity contribution in [1.82, 2.24) is 4.90 Å². The van der Waals surface area contributed by atoms with Crippen molar-refractivity contribution in [2.45, 2.75) is 58.5 Å². The highest BCUT2D eigenvalue weighted by Crippen LogP contribution is 2.38. The molecule has 3 atom stereocenters. The van der Waals surface area contributed by atoms with E-state index in [1.807, 2.05) is 0 Å². The molecule has 18 heavy (non-hydrogen) atoms. The van der Waals surface area contributed by atoms with Crippen LogP contribution in [0.4, 0.5) is 0 Å². The largest absolute Gasteiger partial charge is 0.378 e. The molecule has 0 aromatic heterocycles. The van der Waals surface area contributed by atoms with E-state index in [4.69, 9.17) is 10.5 Å². The van der Waals surface area contributed by atoms with Crippen LogP contribution in [-0.2, 0) is 4.74 Å². The van der Waals surface area contributed by atoms with Crippen LogP contribution in [-0.4, -0.2) is 43.3 Å². The summed E-state index contributed by atoms with van der Waals surface area (Å²) in [6, 6.07) is 0.961. The van der Waals surface area contributed by atoms with Crippen molar-refractivity contribution < 1.29 is 4.74 Å². The van der Waals surface area contributed by atoms with Gasteiger partial charge in [0.05, 0.1) is 13.2 Å². The Kier molecular flexibility index (Phi) is 4.68. The van der Waals surface area contributed by atoms with E-state index >= 15 is 0 Å². The van der Waals surface area contributed by atoms with Crippen molar-refractivity contribution in [3.63, 3.8) is 0 Å². The van der Waals surface area contributed by atoms with Crippen molar-refractivity contribution in [2.24, 2.45) is 17.1 Å². The van der Waals surface area contributed by atoms with Gasteiger partial charge >= 0.3 is 0 Å². The Morgan fingerprint density at radius 2 is 2.17 bits per heavy atom. The van der Waals surface area contributed by atoms with Crippen molar-refractivity contribution in [1.29, 1.82) is 0 Å². The van der Waals surface area contributed by atoms with Gasteiger partial charge in [0.15, 0.2) is 0 Å². The molecule has 2 rings (SSSR count). The molecule has 0 amide bonds. The highest BCUT2D eigenvalue weighted by atomic mass is 16.5. The quantitative estimate of drug-likeness (QED) is 0.839. The van der Waals surface area contributed by atoms with Gasteiger partial charge in [-0.1, -0.05) is 27.2 Å². The smallest absolute Gasteiger partial charge is 0.0622 e. The maximum absolute atomic E-state index is 6.50. The summed E-state index contributed by atoms with van der Waals surface area (Å²) in [7, 11) is 0. The molecule has 3 heteroatoms. The Morgan fingerprint density at radius 1 is 1.39 bits per heavy atom. The van der Waals surface area contributed by atoms with E-state index in [-0.39, 0.29) is 0 Å². The minimum Gasteiger partial charge on any atom is -0.378 e. The topological polar surface area (TPSA) is 38.5 Å². The Labute approximate surface area is 112 Å². The van der Waals surface area contributed by atoms with E-state index in [0.717, 1.165) is 19.8 Å². The van der Waals surface area contributed by atoms with Crippen molar-refractivity contribution in [3.8, 4) is 0 Å². The van der Waals surface area contributed by atoms with E-state index < -0.39 is 0 Å². The molecule has 3 unspecified atom stereocenters. The number of hydrogen-bond donors (Lipinski definition) is 1. The van der Waals surface area contributed by atoms with Crippen LogP contribution in [0.3, 0.4) is 0 Å². The first-order chi connectivity index (χ1) is 8.54. The molecule has 1 saturated heterocycles. The van der Waals surface area contributed by atoms with Gasteiger partial charge in [0, 0.05) is 25.2 Å². The first kappa shape index (κ1) is 14.3. The summed E-state index contributed by atoms with van der Waals surface area (Å²) < 4.78 is 5.59. The fourth-order valence-corrected chi connectivity index (χ4v) is 3.62. The number of morpholine rings is 1. The van der Waals surface area contributed by atoms with Gasteiger partial charge in [0.25, 0.3) is 0 Å². The minimum atomic E-state index is 0.316. The van der Waals surface area contributed by atoms with Crippen LogP contribution in [0.2, 0.25) is 0 Å². The predicted molar refractivity (Wildman–Crippen MR) is 75.6 cm³/mol. The molecule has 2 N–H and O–H groups in total. The Bertz CT molecular complexity index is 267. The first-order valence-corrected chi connectivity index (χ1v) is 7.62. The summed E-state index contributed by atoms with van der Waals surface area (Å²) in [4.78, 5) is 2.62. The molecule has 1 aliphatic carbocycles. The van der Waals surface area contributed by atoms with E-state index in [1.54, 1.807) is 0 Å². The molecule has 1 saturated carbocycles. The molecule has 1 aliphatic heterocycles. The molecule has 0 bridgehead atoms. The molecule has 3 nitrogen and oxygen atoms in total. The van der Waals surface area contributed by atoms with E-state index in [2.05, 4.69) is 25.7 Å². The second-order valence-electron chi connectivity index (χ2n) is 6.80. The number of ether oxygens (including phenoxy) is 1. The third-order valence-corrected chi connectivity index (χ3v) is 5.10. The summed E-state index contributed by atoms with van der Waals surface area (Å²) in [5.41, 5.74) is 6.82. The average molecular weight is 254 g/mol. The highest BCUT2D eigenvalue weighted by Gasteiger charge is 2.37. The molecule has 0 aromatic rings. The van der Waals surface area contributed by atoms with Gasteiger partial charge in [-0.25, -0.2) is 0 Å². The van der Waals surface area contributed by atoms with Gasteiger partial charge < -0.3 is 10.5 Å². The van der Waals surface area contributed by atoms with Gasteiger partial charge in [-0.3, -0.25) is 4.90 Å². The fourth-order valence-electron chi connectivity index (χ4n) is 3.62. The number of hydrogen-bond acceptors (Lipinski definition) is 3. The average Bonchev–Trinajstić information content (AvgIpc) is 2.35. The summed E-state index contributed by atoms with van der Waals surface area (Å²) in [6.07, 6.45) is 5.11. The zero-order chi connectivity index (χ0) is 13.2. The summed E-state index contributed by atoms with van der Waals surface area (Å²) in [6.45, 7) is 11.0. The highest BCUT2D eigenvalue weighted by molar-refractivity contribution is 4.93. The van der Waals surface area contributed by atoms with Crippen molar-refractivity contribution in [2.75, 3.05) is 26.3 Å². The van der Waals surface area contributed by atoms with E-state index in [1.165, 1.54) is 32.2 Å². The zero-order valence-corrected chi connectivity index (χ0v) is 12.3. The molecule has 106 valence electrons. The van der Waals surface area contributed by atoms with Crippen LogP contribution >= 0.6 is 0 Å². The Hall–Kier alpha value is -0.120. The van der Waals surface area contributed by atoms with Gasteiger partial charge in [0.2, 0.25) is 0 Å². The molecule has 2 aliphatic rings. The zero-order valence-electron chi connectivity index (χ0n) is 12.3. The summed E-state index contributed by atoms with van der Waals surface area (Å²) in [5, 5.41) is 0. The number of nitrogens with zero attached hydrogens (tertiary/aromatic N) is 1. The second-order valence-corrected chi connectivity index (χ2v) is 6.80. The van der Waals surface area contributed by atoms with E-state index in [9.17, 15) is 0 Å². The van der Waals surface area contributed by atoms with E-state index in [0.29, 0.717) is 23.4 Å². The summed E-state index contributed by atoms with van der Waals surface area (Å²) in [5.74, 6) is 0.667. The standard InChI is InChI=1S/C15H30N2O/c1-4-13-11-18-9-8-17(13)10-12-6-5-7-15(2,3)14(12)16/h12-14H,4-11,16H2,1-3H3. The van der Waals surface area contributed by atoms with Crippen LogP contribution in [0.25, 0.3) is 0 Å². The molecule has 0 radical (unpaired) electrons. The van der Waals surface area contributed by atoms with Crippen LogP contribution in [0.1, 0.15) is 46.5 Å². The lowest BCUT2D eigenvalue weighted by molar-refractivity contribution is -0.0248. The van der Waals surface area contributed by atoms with Crippen LogP contribution in [0.15, 0.2) is 0 Å².